The fraction of sp³-hybridized carbons (Fsp3) is 0.176. The molecule has 1 aliphatic rings. The van der Waals surface area contributed by atoms with E-state index in [1.54, 1.807) is 43.3 Å². The highest BCUT2D eigenvalue weighted by molar-refractivity contribution is 5.98. The highest BCUT2D eigenvalue weighted by atomic mass is 16.7. The van der Waals surface area contributed by atoms with Gasteiger partial charge in [0, 0.05) is 17.4 Å². The zero-order valence-corrected chi connectivity index (χ0v) is 13.0. The van der Waals surface area contributed by atoms with Crippen LogP contribution in [0.15, 0.2) is 36.4 Å². The standard InChI is InChI=1S/C17H16N2O5/c1-10-3-2-4-12(16(10)18)17(21)22-8-15(20)19-11-5-6-13-14(7-11)24-9-23-13/h2-7H,8-9,18H2,1H3,(H,19,20). The van der Waals surface area contributed by atoms with Gasteiger partial charge in [-0.2, -0.15) is 0 Å². The van der Waals surface area contributed by atoms with E-state index < -0.39 is 18.5 Å². The molecule has 0 atom stereocenters. The van der Waals surface area contributed by atoms with Crippen molar-refractivity contribution < 1.29 is 23.8 Å². The highest BCUT2D eigenvalue weighted by Gasteiger charge is 2.16. The van der Waals surface area contributed by atoms with Crippen LogP contribution < -0.4 is 20.5 Å². The number of carbonyl (C=O) groups is 2. The molecule has 1 heterocycles. The first-order valence-electron chi connectivity index (χ1n) is 7.26. The quantitative estimate of drug-likeness (QED) is 0.658. The number of nitrogens with one attached hydrogen (secondary N) is 1. The fourth-order valence-electron chi connectivity index (χ4n) is 2.24. The largest absolute Gasteiger partial charge is 0.454 e. The summed E-state index contributed by atoms with van der Waals surface area (Å²) in [5.41, 5.74) is 7.72. The van der Waals surface area contributed by atoms with E-state index in [-0.39, 0.29) is 12.4 Å². The van der Waals surface area contributed by atoms with E-state index in [2.05, 4.69) is 5.32 Å². The number of amides is 1. The van der Waals surface area contributed by atoms with Crippen LogP contribution >= 0.6 is 0 Å². The zero-order chi connectivity index (χ0) is 17.1. The summed E-state index contributed by atoms with van der Waals surface area (Å²) in [5.74, 6) is 0.0668. The first-order valence-corrected chi connectivity index (χ1v) is 7.26. The summed E-state index contributed by atoms with van der Waals surface area (Å²) in [6.07, 6.45) is 0. The van der Waals surface area contributed by atoms with Crippen LogP contribution in [0.1, 0.15) is 15.9 Å². The lowest BCUT2D eigenvalue weighted by Gasteiger charge is -2.09. The van der Waals surface area contributed by atoms with Crippen LogP contribution in [0.2, 0.25) is 0 Å². The third-order valence-electron chi connectivity index (χ3n) is 3.53. The molecule has 0 saturated heterocycles. The summed E-state index contributed by atoms with van der Waals surface area (Å²) in [5, 5.41) is 2.62. The van der Waals surface area contributed by atoms with E-state index in [1.807, 2.05) is 0 Å². The summed E-state index contributed by atoms with van der Waals surface area (Å²) in [6.45, 7) is 1.53. The number of ether oxygens (including phenoxy) is 3. The number of benzene rings is 2. The molecular formula is C17H16N2O5. The molecular weight excluding hydrogens is 312 g/mol. The summed E-state index contributed by atoms with van der Waals surface area (Å²) < 4.78 is 15.4. The molecule has 0 fully saturated rings. The molecule has 2 aromatic rings. The van der Waals surface area contributed by atoms with Crippen LogP contribution in [0, 0.1) is 6.92 Å². The molecule has 3 rings (SSSR count). The van der Waals surface area contributed by atoms with E-state index in [4.69, 9.17) is 19.9 Å². The van der Waals surface area contributed by atoms with Crippen LogP contribution in [0.5, 0.6) is 11.5 Å². The molecule has 124 valence electrons. The smallest absolute Gasteiger partial charge is 0.340 e. The van der Waals surface area contributed by atoms with Crippen LogP contribution in [0.25, 0.3) is 0 Å². The van der Waals surface area contributed by atoms with Crippen molar-refractivity contribution in [2.75, 3.05) is 24.5 Å². The Bertz CT molecular complexity index is 804. The zero-order valence-electron chi connectivity index (χ0n) is 13.0. The van der Waals surface area contributed by atoms with Gasteiger partial charge in [0.25, 0.3) is 5.91 Å². The van der Waals surface area contributed by atoms with Gasteiger partial charge in [-0.05, 0) is 30.7 Å². The van der Waals surface area contributed by atoms with Gasteiger partial charge >= 0.3 is 5.97 Å². The molecule has 0 spiro atoms. The van der Waals surface area contributed by atoms with Gasteiger partial charge in [-0.1, -0.05) is 12.1 Å². The minimum atomic E-state index is -0.642. The molecule has 7 nitrogen and oxygen atoms in total. The molecule has 0 saturated carbocycles. The van der Waals surface area contributed by atoms with Crippen LogP contribution in [0.4, 0.5) is 11.4 Å². The third-order valence-corrected chi connectivity index (χ3v) is 3.53. The number of rotatable bonds is 4. The molecule has 3 N–H and O–H groups in total. The first kappa shape index (κ1) is 15.7. The lowest BCUT2D eigenvalue weighted by atomic mass is 10.1. The van der Waals surface area contributed by atoms with Crippen LogP contribution in [0.3, 0.4) is 0 Å². The number of para-hydroxylation sites is 1. The van der Waals surface area contributed by atoms with Crippen LogP contribution in [-0.4, -0.2) is 25.3 Å². The second kappa shape index (κ2) is 6.49. The molecule has 0 radical (unpaired) electrons. The number of anilines is 2. The molecule has 2 aromatic carbocycles. The lowest BCUT2D eigenvalue weighted by molar-refractivity contribution is -0.119. The van der Waals surface area contributed by atoms with Gasteiger partial charge in [0.15, 0.2) is 18.1 Å². The summed E-state index contributed by atoms with van der Waals surface area (Å²) in [7, 11) is 0. The van der Waals surface area contributed by atoms with Crippen molar-refractivity contribution in [1.29, 1.82) is 0 Å². The average Bonchev–Trinajstić information content (AvgIpc) is 3.03. The van der Waals surface area contributed by atoms with Crippen molar-refractivity contribution in [3.63, 3.8) is 0 Å². The summed E-state index contributed by atoms with van der Waals surface area (Å²) >= 11 is 0. The second-order valence-corrected chi connectivity index (χ2v) is 5.23. The Kier molecular flexibility index (Phi) is 4.24. The Morgan fingerprint density at radius 1 is 1.21 bits per heavy atom. The predicted molar refractivity (Wildman–Crippen MR) is 87.1 cm³/mol. The second-order valence-electron chi connectivity index (χ2n) is 5.23. The minimum Gasteiger partial charge on any atom is -0.454 e. The van der Waals surface area contributed by atoms with E-state index in [1.165, 1.54) is 0 Å². The monoisotopic (exact) mass is 328 g/mol. The van der Waals surface area contributed by atoms with Gasteiger partial charge in [0.05, 0.1) is 5.56 Å². The van der Waals surface area contributed by atoms with E-state index in [0.717, 1.165) is 5.56 Å². The van der Waals surface area contributed by atoms with E-state index in [9.17, 15) is 9.59 Å². The number of hydrogen-bond acceptors (Lipinski definition) is 6. The Hall–Kier alpha value is -3.22. The molecule has 7 heteroatoms. The van der Waals surface area contributed by atoms with Gasteiger partial charge in [-0.15, -0.1) is 0 Å². The lowest BCUT2D eigenvalue weighted by Crippen LogP contribution is -2.21. The van der Waals surface area contributed by atoms with Crippen molar-refractivity contribution in [3.8, 4) is 11.5 Å². The molecule has 0 bridgehead atoms. The number of aryl methyl sites for hydroxylation is 1. The molecule has 0 aromatic heterocycles. The topological polar surface area (TPSA) is 99.9 Å². The number of fused-ring (bicyclic) bond motifs is 1. The van der Waals surface area contributed by atoms with Crippen molar-refractivity contribution in [3.05, 3.63) is 47.5 Å². The van der Waals surface area contributed by atoms with Crippen molar-refractivity contribution >= 4 is 23.3 Å². The highest BCUT2D eigenvalue weighted by Crippen LogP contribution is 2.34. The maximum Gasteiger partial charge on any atom is 0.340 e. The summed E-state index contributed by atoms with van der Waals surface area (Å²) in [4.78, 5) is 23.9. The third kappa shape index (κ3) is 3.24. The van der Waals surface area contributed by atoms with Crippen molar-refractivity contribution in [2.24, 2.45) is 0 Å². The van der Waals surface area contributed by atoms with Gasteiger partial charge in [-0.25, -0.2) is 4.79 Å². The maximum atomic E-state index is 12.0. The number of carbonyl (C=O) groups excluding carboxylic acids is 2. The van der Waals surface area contributed by atoms with E-state index >= 15 is 0 Å². The van der Waals surface area contributed by atoms with Crippen LogP contribution in [-0.2, 0) is 9.53 Å². The Balaban J connectivity index is 1.57. The number of hydrogen-bond donors (Lipinski definition) is 2. The average molecular weight is 328 g/mol. The predicted octanol–water partition coefficient (Wildman–Crippen LogP) is 2.10. The van der Waals surface area contributed by atoms with E-state index in [0.29, 0.717) is 22.9 Å². The fourth-order valence-corrected chi connectivity index (χ4v) is 2.24. The number of nitrogen functional groups attached to an aromatic ring is 1. The van der Waals surface area contributed by atoms with Crippen molar-refractivity contribution in [1.82, 2.24) is 0 Å². The molecule has 0 unspecified atom stereocenters. The Labute approximate surface area is 138 Å². The molecule has 1 amide bonds. The number of esters is 1. The Morgan fingerprint density at radius 3 is 2.83 bits per heavy atom. The first-order chi connectivity index (χ1) is 11.5. The molecule has 24 heavy (non-hydrogen) atoms. The SMILES string of the molecule is Cc1cccc(C(=O)OCC(=O)Nc2ccc3c(c2)OCO3)c1N. The molecule has 1 aliphatic heterocycles. The van der Waals surface area contributed by atoms with Crippen molar-refractivity contribution in [2.45, 2.75) is 6.92 Å². The Morgan fingerprint density at radius 2 is 2.00 bits per heavy atom. The molecule has 0 aliphatic carbocycles. The van der Waals surface area contributed by atoms with Gasteiger partial charge in [0.2, 0.25) is 6.79 Å². The van der Waals surface area contributed by atoms with Gasteiger partial charge in [0.1, 0.15) is 0 Å². The van der Waals surface area contributed by atoms with Gasteiger partial charge < -0.3 is 25.3 Å². The maximum absolute atomic E-state index is 12.0. The normalized spacial score (nSPS) is 11.9. The number of nitrogens with two attached hydrogens (primary N) is 1. The minimum absolute atomic E-state index is 0.155. The summed E-state index contributed by atoms with van der Waals surface area (Å²) in [6, 6.07) is 10.1. The van der Waals surface area contributed by atoms with Gasteiger partial charge in [-0.3, -0.25) is 4.79 Å².